The molecule has 1 aromatic carbocycles. The summed E-state index contributed by atoms with van der Waals surface area (Å²) in [6.07, 6.45) is 0.438. The monoisotopic (exact) mass is 481 g/mol. The summed E-state index contributed by atoms with van der Waals surface area (Å²) in [4.78, 5) is 0. The average molecular weight is 483 g/mol. The van der Waals surface area contributed by atoms with Crippen molar-refractivity contribution in [2.24, 2.45) is 0 Å². The number of hydrogen-bond donors (Lipinski definition) is 2. The second-order valence-electron chi connectivity index (χ2n) is 6.63. The molecule has 1 heterocycles. The molecule has 0 saturated heterocycles. The fraction of sp³-hybridized carbons (Fsp3) is 0.375. The Bertz CT molecular complexity index is 879. The molecule has 2 rings (SSSR count). The number of sulfonamides is 1. The Morgan fingerprint density at radius 1 is 1.35 bits per heavy atom. The molecular weight excluding hydrogens is 462 g/mol. The summed E-state index contributed by atoms with van der Waals surface area (Å²) < 4.78 is 38.4. The van der Waals surface area contributed by atoms with E-state index in [1.165, 1.54) is 0 Å². The van der Waals surface area contributed by atoms with Crippen LogP contribution in [0.15, 0.2) is 28.7 Å². The van der Waals surface area contributed by atoms with Crippen molar-refractivity contribution in [1.82, 2.24) is 0 Å². The van der Waals surface area contributed by atoms with Crippen molar-refractivity contribution in [1.29, 1.82) is 0 Å². The van der Waals surface area contributed by atoms with Crippen LogP contribution in [0.25, 0.3) is 11.3 Å². The minimum absolute atomic E-state index is 0.00144. The van der Waals surface area contributed by atoms with E-state index in [-0.39, 0.29) is 28.9 Å². The van der Waals surface area contributed by atoms with Crippen molar-refractivity contribution in [2.45, 2.75) is 26.1 Å². The summed E-state index contributed by atoms with van der Waals surface area (Å²) in [5.74, 6) is -0.374. The van der Waals surface area contributed by atoms with Crippen LogP contribution < -0.4 is 9.15 Å². The van der Waals surface area contributed by atoms with E-state index in [1.54, 1.807) is 24.3 Å². The van der Waals surface area contributed by atoms with Gasteiger partial charge >= 0.3 is 0 Å². The Morgan fingerprint density at radius 3 is 2.62 bits per heavy atom. The van der Waals surface area contributed by atoms with Gasteiger partial charge in [-0.25, -0.2) is 13.1 Å². The van der Waals surface area contributed by atoms with Gasteiger partial charge in [0.2, 0.25) is 29.8 Å². The van der Waals surface area contributed by atoms with Crippen molar-refractivity contribution < 1.29 is 22.4 Å². The molecule has 10 heteroatoms. The molecule has 0 spiro atoms. The summed E-state index contributed by atoms with van der Waals surface area (Å²) in [7, 11) is -5.79. The van der Waals surface area contributed by atoms with Gasteiger partial charge in [-0.3, -0.25) is 0 Å². The van der Waals surface area contributed by atoms with E-state index >= 15 is 0 Å². The third-order valence-electron chi connectivity index (χ3n) is 3.13. The highest BCUT2D eigenvalue weighted by molar-refractivity contribution is 9.09. The minimum atomic E-state index is -3.64. The molecule has 1 aromatic heterocycles. The van der Waals surface area contributed by atoms with E-state index in [0.29, 0.717) is 22.3 Å². The third kappa shape index (κ3) is 5.67. The largest absolute Gasteiger partial charge is 0.538 e. The lowest BCUT2D eigenvalue weighted by Gasteiger charge is -2.19. The highest BCUT2D eigenvalue weighted by atomic mass is 79.9. The van der Waals surface area contributed by atoms with Crippen molar-refractivity contribution in [3.8, 4) is 22.8 Å². The number of rotatable bonds is 8. The summed E-state index contributed by atoms with van der Waals surface area (Å²) in [5.41, 5.74) is 0.515. The Kier molecular flexibility index (Phi) is 6.70. The zero-order valence-electron chi connectivity index (χ0n) is 14.7. The number of benzene rings is 1. The second kappa shape index (κ2) is 8.24. The van der Waals surface area contributed by atoms with Gasteiger partial charge in [-0.2, -0.15) is 0 Å². The first-order valence-electron chi connectivity index (χ1n) is 7.89. The van der Waals surface area contributed by atoms with Crippen molar-refractivity contribution >= 4 is 51.8 Å². The molecule has 0 saturated carbocycles. The summed E-state index contributed by atoms with van der Waals surface area (Å²) in [6.45, 7) is 5.75. The molecule has 0 unspecified atom stereocenters. The molecule has 0 aliphatic carbocycles. The first-order chi connectivity index (χ1) is 12.0. The van der Waals surface area contributed by atoms with Gasteiger partial charge < -0.3 is 13.9 Å². The van der Waals surface area contributed by atoms with Crippen LogP contribution in [0, 0.1) is 0 Å². The fourth-order valence-corrected chi connectivity index (χ4v) is 4.82. The number of nitrogens with one attached hydrogen (secondary N) is 1. The average Bonchev–Trinajstić information content (AvgIpc) is 2.80. The lowest BCUT2D eigenvalue weighted by Crippen LogP contribution is -2.29. The molecule has 6 nitrogen and oxygen atoms in total. The molecule has 0 aliphatic rings. The highest BCUT2D eigenvalue weighted by Gasteiger charge is 2.29. The van der Waals surface area contributed by atoms with Crippen LogP contribution in [-0.4, -0.2) is 32.9 Å². The minimum Gasteiger partial charge on any atom is -0.538 e. The van der Waals surface area contributed by atoms with E-state index in [9.17, 15) is 13.5 Å². The Labute approximate surface area is 167 Å². The first kappa shape index (κ1) is 21.1. The summed E-state index contributed by atoms with van der Waals surface area (Å²) in [6, 6.07) is 6.71. The molecule has 0 bridgehead atoms. The van der Waals surface area contributed by atoms with Crippen LogP contribution in [0.1, 0.15) is 6.42 Å². The van der Waals surface area contributed by atoms with Gasteiger partial charge in [0.15, 0.2) is 5.76 Å². The van der Waals surface area contributed by atoms with Crippen LogP contribution in [0.3, 0.4) is 0 Å². The van der Waals surface area contributed by atoms with E-state index in [1.807, 2.05) is 19.6 Å². The molecule has 0 fully saturated rings. The maximum atomic E-state index is 12.2. The SMILES string of the molecule is C[Si](C)(C)Oc1c(NS(=O)(=O)CCCBr)oc(-c2cccc(Cl)c2)c1O. The van der Waals surface area contributed by atoms with E-state index in [2.05, 4.69) is 20.7 Å². The Morgan fingerprint density at radius 2 is 2.04 bits per heavy atom. The topological polar surface area (TPSA) is 88.8 Å². The van der Waals surface area contributed by atoms with Crippen LogP contribution in [-0.2, 0) is 10.0 Å². The predicted octanol–water partition coefficient (Wildman–Crippen LogP) is 5.05. The number of anilines is 1. The molecule has 26 heavy (non-hydrogen) atoms. The lowest BCUT2D eigenvalue weighted by molar-refractivity contribution is 0.440. The van der Waals surface area contributed by atoms with Gasteiger partial charge in [0.05, 0.1) is 5.75 Å². The molecule has 2 N–H and O–H groups in total. The second-order valence-corrected chi connectivity index (χ2v) is 14.1. The quantitative estimate of drug-likeness (QED) is 0.406. The molecule has 0 radical (unpaired) electrons. The van der Waals surface area contributed by atoms with Crippen LogP contribution in [0.2, 0.25) is 24.7 Å². The first-order valence-corrected chi connectivity index (χ1v) is 14.5. The number of aromatic hydroxyl groups is 1. The third-order valence-corrected chi connectivity index (χ3v) is 6.07. The summed E-state index contributed by atoms with van der Waals surface area (Å²) >= 11 is 9.21. The maximum Gasteiger partial charge on any atom is 0.252 e. The Hall–Kier alpha value is -1.16. The van der Waals surface area contributed by atoms with Gasteiger partial charge in [-0.05, 0) is 38.2 Å². The molecule has 144 valence electrons. The van der Waals surface area contributed by atoms with Gasteiger partial charge in [0, 0.05) is 15.9 Å². The molecule has 0 amide bonds. The maximum absolute atomic E-state index is 12.2. The zero-order valence-corrected chi connectivity index (χ0v) is 18.8. The van der Waals surface area contributed by atoms with E-state index in [0.717, 1.165) is 0 Å². The molecule has 0 aliphatic heterocycles. The van der Waals surface area contributed by atoms with Crippen molar-refractivity contribution in [3.05, 3.63) is 29.3 Å². The lowest BCUT2D eigenvalue weighted by atomic mass is 10.1. The number of alkyl halides is 1. The zero-order chi connectivity index (χ0) is 19.5. The molecule has 0 atom stereocenters. The normalized spacial score (nSPS) is 12.2. The van der Waals surface area contributed by atoms with Crippen molar-refractivity contribution in [3.63, 3.8) is 0 Å². The smallest absolute Gasteiger partial charge is 0.252 e. The fourth-order valence-electron chi connectivity index (χ4n) is 2.14. The Balaban J connectivity index is 2.50. The van der Waals surface area contributed by atoms with E-state index in [4.69, 9.17) is 20.4 Å². The number of furan rings is 1. The van der Waals surface area contributed by atoms with Gasteiger partial charge in [-0.1, -0.05) is 39.7 Å². The van der Waals surface area contributed by atoms with Gasteiger partial charge in [0.25, 0.3) is 5.88 Å². The van der Waals surface area contributed by atoms with Gasteiger partial charge in [0.1, 0.15) is 0 Å². The molecule has 2 aromatic rings. The molecular formula is C16H21BrClNO5SSi. The van der Waals surface area contributed by atoms with Crippen LogP contribution in [0.5, 0.6) is 11.5 Å². The standard InChI is InChI=1S/C16H21BrClNO5SSi/c1-26(2,3)24-15-13(20)14(11-6-4-7-12(18)10-11)23-16(15)19-25(21,22)9-5-8-17/h4,6-7,10,19-20H,5,8-9H2,1-3H3. The number of halogens is 2. The van der Waals surface area contributed by atoms with Crippen LogP contribution >= 0.6 is 27.5 Å². The summed E-state index contributed by atoms with van der Waals surface area (Å²) in [5, 5.41) is 11.6. The predicted molar refractivity (Wildman–Crippen MR) is 111 cm³/mol. The van der Waals surface area contributed by atoms with E-state index < -0.39 is 18.3 Å². The van der Waals surface area contributed by atoms with Crippen molar-refractivity contribution in [2.75, 3.05) is 15.8 Å². The number of hydrogen-bond acceptors (Lipinski definition) is 5. The van der Waals surface area contributed by atoms with Gasteiger partial charge in [-0.15, -0.1) is 0 Å². The highest BCUT2D eigenvalue weighted by Crippen LogP contribution is 2.47. The van der Waals surface area contributed by atoms with Crippen LogP contribution in [0.4, 0.5) is 5.88 Å².